The molecule has 23 heavy (non-hydrogen) atoms. The average molecular weight is 315 g/mol. The van der Waals surface area contributed by atoms with Gasteiger partial charge >= 0.3 is 0 Å². The fraction of sp³-hybridized carbons (Fsp3) is 0.700. The molecule has 4 atom stereocenters. The van der Waals surface area contributed by atoms with Gasteiger partial charge in [0, 0.05) is 31.2 Å². The summed E-state index contributed by atoms with van der Waals surface area (Å²) in [6.07, 6.45) is 3.92. The third kappa shape index (κ3) is 2.06. The number of hydrogen-bond donors (Lipinski definition) is 0. The van der Waals surface area contributed by atoms with Crippen LogP contribution in [0, 0.1) is 5.92 Å². The van der Waals surface area contributed by atoms with Crippen molar-refractivity contribution < 1.29 is 9.47 Å². The maximum atomic E-state index is 6.41. The number of ether oxygens (including phenoxy) is 2. The van der Waals surface area contributed by atoms with E-state index in [1.54, 1.807) is 0 Å². The summed E-state index contributed by atoms with van der Waals surface area (Å²) in [5, 5.41) is 0. The minimum atomic E-state index is -0.457. The number of benzene rings is 1. The van der Waals surface area contributed by atoms with Gasteiger partial charge in [-0.25, -0.2) is 0 Å². The van der Waals surface area contributed by atoms with Gasteiger partial charge in [0.05, 0.1) is 5.92 Å². The Morgan fingerprint density at radius 3 is 2.48 bits per heavy atom. The maximum absolute atomic E-state index is 6.41. The summed E-state index contributed by atoms with van der Waals surface area (Å²) < 4.78 is 12.8. The van der Waals surface area contributed by atoms with Crippen molar-refractivity contribution in [3.05, 3.63) is 35.4 Å². The fourth-order valence-corrected chi connectivity index (χ4v) is 5.61. The minimum Gasteiger partial charge on any atom is -0.349 e. The van der Waals surface area contributed by atoms with Crippen molar-refractivity contribution >= 4 is 0 Å². The molecule has 4 unspecified atom stereocenters. The maximum Gasteiger partial charge on any atom is 0.180 e. The highest BCUT2D eigenvalue weighted by atomic mass is 16.7. The van der Waals surface area contributed by atoms with E-state index in [2.05, 4.69) is 49.9 Å². The van der Waals surface area contributed by atoms with Crippen molar-refractivity contribution in [1.82, 2.24) is 4.90 Å². The molecule has 0 amide bonds. The molecule has 126 valence electrons. The lowest BCUT2D eigenvalue weighted by Gasteiger charge is -2.64. The van der Waals surface area contributed by atoms with Crippen LogP contribution in [0.15, 0.2) is 24.3 Å². The van der Waals surface area contributed by atoms with Crippen molar-refractivity contribution in [2.24, 2.45) is 5.92 Å². The predicted molar refractivity (Wildman–Crippen MR) is 91.4 cm³/mol. The zero-order valence-electron chi connectivity index (χ0n) is 14.6. The summed E-state index contributed by atoms with van der Waals surface area (Å²) >= 11 is 0. The number of nitrogens with zero attached hydrogens (tertiary/aromatic N) is 1. The van der Waals surface area contributed by atoms with Crippen LogP contribution in [0.2, 0.25) is 0 Å². The van der Waals surface area contributed by atoms with Crippen LogP contribution in [0.25, 0.3) is 0 Å². The zero-order valence-corrected chi connectivity index (χ0v) is 14.6. The predicted octanol–water partition coefficient (Wildman–Crippen LogP) is 4.10. The van der Waals surface area contributed by atoms with Crippen LogP contribution in [0.1, 0.15) is 63.1 Å². The Morgan fingerprint density at radius 2 is 1.78 bits per heavy atom. The Kier molecular flexibility index (Phi) is 3.99. The standard InChI is InChI=1S/C20H29NO2/c1-4-22-20(23-5-2)14(3)19-16-11-7-6-10-15(16)18(20)17-12-8-9-13-21(17)19/h6-7,10-11,14,17-19H,4-5,8-9,12-13H2,1-3H3. The van der Waals surface area contributed by atoms with E-state index < -0.39 is 5.79 Å². The first-order chi connectivity index (χ1) is 11.2. The van der Waals surface area contributed by atoms with Crippen molar-refractivity contribution in [1.29, 1.82) is 0 Å². The van der Waals surface area contributed by atoms with Gasteiger partial charge in [0.1, 0.15) is 0 Å². The van der Waals surface area contributed by atoms with Crippen molar-refractivity contribution in [2.45, 2.75) is 63.8 Å². The smallest absolute Gasteiger partial charge is 0.180 e. The second kappa shape index (κ2) is 5.87. The van der Waals surface area contributed by atoms with E-state index in [4.69, 9.17) is 9.47 Å². The summed E-state index contributed by atoms with van der Waals surface area (Å²) in [7, 11) is 0. The zero-order chi connectivity index (χ0) is 16.0. The van der Waals surface area contributed by atoms with Crippen LogP contribution >= 0.6 is 0 Å². The molecule has 2 fully saturated rings. The number of rotatable bonds is 4. The number of fused-ring (bicyclic) bond motifs is 1. The van der Waals surface area contributed by atoms with E-state index in [1.165, 1.54) is 36.9 Å². The summed E-state index contributed by atoms with van der Waals surface area (Å²) in [5.74, 6) is 0.233. The Labute approximate surface area is 140 Å². The van der Waals surface area contributed by atoms with Gasteiger partial charge < -0.3 is 9.47 Å². The first kappa shape index (κ1) is 15.6. The van der Waals surface area contributed by atoms with Gasteiger partial charge in [0.15, 0.2) is 5.79 Å². The van der Waals surface area contributed by atoms with E-state index in [0.717, 1.165) is 0 Å². The Balaban J connectivity index is 1.89. The van der Waals surface area contributed by atoms with E-state index in [1.807, 2.05) is 0 Å². The summed E-state index contributed by atoms with van der Waals surface area (Å²) in [6.45, 7) is 9.17. The highest BCUT2D eigenvalue weighted by molar-refractivity contribution is 5.43. The van der Waals surface area contributed by atoms with Gasteiger partial charge in [0.25, 0.3) is 0 Å². The molecular formula is C20H29NO2. The van der Waals surface area contributed by atoms with Crippen LogP contribution in [0.5, 0.6) is 0 Å². The van der Waals surface area contributed by atoms with Crippen molar-refractivity contribution in [2.75, 3.05) is 19.8 Å². The lowest BCUT2D eigenvalue weighted by molar-refractivity contribution is -0.319. The summed E-state index contributed by atoms with van der Waals surface area (Å²) in [5.41, 5.74) is 2.99. The minimum absolute atomic E-state index is 0.332. The number of hydrogen-bond acceptors (Lipinski definition) is 3. The van der Waals surface area contributed by atoms with Gasteiger partial charge in [-0.15, -0.1) is 0 Å². The molecule has 1 aromatic carbocycles. The molecule has 1 aromatic rings. The molecule has 4 aliphatic rings. The van der Waals surface area contributed by atoms with Crippen LogP contribution < -0.4 is 0 Å². The number of piperidine rings is 2. The monoisotopic (exact) mass is 315 g/mol. The second-order valence-corrected chi connectivity index (χ2v) is 7.23. The Bertz CT molecular complexity index is 567. The highest BCUT2D eigenvalue weighted by Gasteiger charge is 2.63. The lowest BCUT2D eigenvalue weighted by Crippen LogP contribution is -2.68. The molecule has 3 nitrogen and oxygen atoms in total. The molecule has 5 rings (SSSR count). The van der Waals surface area contributed by atoms with Gasteiger partial charge in [0.2, 0.25) is 0 Å². The fourth-order valence-electron chi connectivity index (χ4n) is 5.61. The normalized spacial score (nSPS) is 34.9. The molecule has 0 saturated carbocycles. The van der Waals surface area contributed by atoms with Crippen LogP contribution in [0.4, 0.5) is 0 Å². The molecule has 0 aromatic heterocycles. The molecule has 1 aliphatic carbocycles. The average Bonchev–Trinajstić information content (AvgIpc) is 2.58. The topological polar surface area (TPSA) is 21.7 Å². The quantitative estimate of drug-likeness (QED) is 0.781. The largest absolute Gasteiger partial charge is 0.349 e. The first-order valence-corrected chi connectivity index (χ1v) is 9.37. The lowest BCUT2D eigenvalue weighted by atomic mass is 9.60. The Hall–Kier alpha value is -0.900. The molecule has 0 N–H and O–H groups in total. The van der Waals surface area contributed by atoms with E-state index in [0.29, 0.717) is 37.1 Å². The molecule has 3 heterocycles. The second-order valence-electron chi connectivity index (χ2n) is 7.23. The summed E-state index contributed by atoms with van der Waals surface area (Å²) in [6, 6.07) is 10.0. The van der Waals surface area contributed by atoms with Gasteiger partial charge in [-0.3, -0.25) is 4.90 Å². The van der Waals surface area contributed by atoms with Crippen molar-refractivity contribution in [3.8, 4) is 0 Å². The molecule has 0 spiro atoms. The van der Waals surface area contributed by atoms with Crippen LogP contribution in [-0.4, -0.2) is 36.5 Å². The SMILES string of the molecule is CCOC1(OCC)C(C)C2c3ccccc3C1C1CCCCN12. The molecule has 0 radical (unpaired) electrons. The first-order valence-electron chi connectivity index (χ1n) is 9.37. The molecule has 3 aliphatic heterocycles. The third-order valence-electron chi connectivity index (χ3n) is 6.27. The van der Waals surface area contributed by atoms with E-state index in [9.17, 15) is 0 Å². The molecular weight excluding hydrogens is 286 g/mol. The molecule has 3 heteroatoms. The summed E-state index contributed by atoms with van der Waals surface area (Å²) in [4.78, 5) is 2.76. The van der Waals surface area contributed by atoms with Gasteiger partial charge in [-0.1, -0.05) is 37.6 Å². The molecule has 2 saturated heterocycles. The van der Waals surface area contributed by atoms with E-state index >= 15 is 0 Å². The third-order valence-corrected chi connectivity index (χ3v) is 6.27. The Morgan fingerprint density at radius 1 is 1.09 bits per heavy atom. The van der Waals surface area contributed by atoms with Crippen molar-refractivity contribution in [3.63, 3.8) is 0 Å². The van der Waals surface area contributed by atoms with Gasteiger partial charge in [-0.05, 0) is 44.4 Å². The van der Waals surface area contributed by atoms with E-state index in [-0.39, 0.29) is 0 Å². The van der Waals surface area contributed by atoms with Crippen LogP contribution in [0.3, 0.4) is 0 Å². The van der Waals surface area contributed by atoms with Crippen LogP contribution in [-0.2, 0) is 9.47 Å². The van der Waals surface area contributed by atoms with Gasteiger partial charge in [-0.2, -0.15) is 0 Å². The molecule has 2 bridgehead atoms. The highest BCUT2D eigenvalue weighted by Crippen LogP contribution is 2.61.